The summed E-state index contributed by atoms with van der Waals surface area (Å²) in [6, 6.07) is 7.41. The zero-order valence-corrected chi connectivity index (χ0v) is 17.3. The van der Waals surface area contributed by atoms with Crippen LogP contribution in [0.5, 0.6) is 11.5 Å². The Hall–Kier alpha value is -3.32. The maximum atomic E-state index is 12.8. The first-order valence-corrected chi connectivity index (χ1v) is 10.1. The van der Waals surface area contributed by atoms with E-state index < -0.39 is 0 Å². The van der Waals surface area contributed by atoms with Gasteiger partial charge in [-0.3, -0.25) is 4.79 Å². The molecule has 1 saturated heterocycles. The number of aromatic nitrogens is 2. The van der Waals surface area contributed by atoms with Gasteiger partial charge in [-0.2, -0.15) is 0 Å². The van der Waals surface area contributed by atoms with E-state index in [4.69, 9.17) is 4.74 Å². The number of allylic oxidation sites excluding steroid dienone is 1. The lowest BCUT2D eigenvalue weighted by atomic mass is 10.1. The first-order chi connectivity index (χ1) is 14.4. The molecule has 0 aliphatic carbocycles. The highest BCUT2D eigenvalue weighted by Gasteiger charge is 2.31. The Morgan fingerprint density at radius 2 is 2.13 bits per heavy atom. The van der Waals surface area contributed by atoms with E-state index in [1.165, 1.54) is 6.07 Å². The maximum Gasteiger partial charge on any atom is 0.235 e. The van der Waals surface area contributed by atoms with Gasteiger partial charge in [0.25, 0.3) is 0 Å². The molecule has 154 valence electrons. The maximum absolute atomic E-state index is 12.8. The summed E-state index contributed by atoms with van der Waals surface area (Å²) < 4.78 is 7.74. The molecule has 0 saturated carbocycles. The number of likely N-dealkylation sites (N-methyl/N-ethyl adjacent to an activating group) is 1. The van der Waals surface area contributed by atoms with Gasteiger partial charge in [-0.15, -0.1) is 0 Å². The predicted octanol–water partition coefficient (Wildman–Crippen LogP) is 3.04. The number of ether oxygens (including phenoxy) is 1. The largest absolute Gasteiger partial charge is 0.507 e. The fourth-order valence-electron chi connectivity index (χ4n) is 4.43. The topological polar surface area (TPSA) is 70.8 Å². The summed E-state index contributed by atoms with van der Waals surface area (Å²) in [5.74, 6) is 0.229. The van der Waals surface area contributed by atoms with Gasteiger partial charge in [-0.25, -0.2) is 4.98 Å². The number of hydrogen-bond donors (Lipinski definition) is 1. The Labute approximate surface area is 174 Å². The molecule has 1 fully saturated rings. The second-order valence-electron chi connectivity index (χ2n) is 8.17. The highest BCUT2D eigenvalue weighted by molar-refractivity contribution is 6.17. The van der Waals surface area contributed by atoms with Crippen molar-refractivity contribution in [3.63, 3.8) is 0 Å². The van der Waals surface area contributed by atoms with Crippen molar-refractivity contribution in [3.8, 4) is 11.5 Å². The van der Waals surface area contributed by atoms with Crippen LogP contribution in [0.3, 0.4) is 0 Å². The van der Waals surface area contributed by atoms with Crippen molar-refractivity contribution < 1.29 is 14.6 Å². The van der Waals surface area contributed by atoms with Gasteiger partial charge >= 0.3 is 0 Å². The fraction of sp³-hybridized carbons (Fsp3) is 0.304. The number of hydrogen-bond acceptors (Lipinski definition) is 6. The molecule has 4 heterocycles. The van der Waals surface area contributed by atoms with Crippen molar-refractivity contribution in [1.82, 2.24) is 14.5 Å². The number of aryl methyl sites for hydroxylation is 1. The Balaban J connectivity index is 1.59. The lowest BCUT2D eigenvalue weighted by molar-refractivity contribution is 0.101. The molecular formula is C23H24N4O3. The number of aromatic hydroxyl groups is 1. The summed E-state index contributed by atoms with van der Waals surface area (Å²) in [4.78, 5) is 22.0. The summed E-state index contributed by atoms with van der Waals surface area (Å²) in [7, 11) is 6.18. The number of nitrogens with zero attached hydrogens (tertiary/aromatic N) is 4. The highest BCUT2D eigenvalue weighted by atomic mass is 16.5. The summed E-state index contributed by atoms with van der Waals surface area (Å²) in [6.45, 7) is 1.92. The third-order valence-electron chi connectivity index (χ3n) is 6.06. The van der Waals surface area contributed by atoms with Crippen molar-refractivity contribution in [2.24, 2.45) is 7.05 Å². The SMILES string of the molecule is CN(C)C1CCN(c2ccnc3c2c(/C=C2\Oc4cccc(O)c4C2=O)cn3C)C1. The van der Waals surface area contributed by atoms with Crippen LogP contribution in [0.1, 0.15) is 22.3 Å². The molecule has 7 heteroatoms. The summed E-state index contributed by atoms with van der Waals surface area (Å²) >= 11 is 0. The van der Waals surface area contributed by atoms with E-state index in [2.05, 4.69) is 28.9 Å². The van der Waals surface area contributed by atoms with Crippen LogP contribution in [-0.4, -0.2) is 58.6 Å². The minimum absolute atomic E-state index is 0.0621. The van der Waals surface area contributed by atoms with Crippen LogP contribution in [-0.2, 0) is 7.05 Å². The second-order valence-corrected chi connectivity index (χ2v) is 8.17. The standard InChI is InChI=1S/C23H24N4O3/c1-25(2)15-8-10-27(13-15)16-7-9-24-23-20(16)14(12-26(23)3)11-19-22(29)21-17(28)5-4-6-18(21)30-19/h4-7,9,11-12,15,28H,8,10,13H2,1-3H3/b19-11-. The number of phenolic OH excluding ortho intramolecular Hbond substituents is 1. The molecule has 0 spiro atoms. The zero-order valence-electron chi connectivity index (χ0n) is 17.3. The van der Waals surface area contributed by atoms with Crippen LogP contribution < -0.4 is 9.64 Å². The van der Waals surface area contributed by atoms with Gasteiger partial charge in [0, 0.05) is 55.2 Å². The molecule has 3 aromatic rings. The molecule has 0 amide bonds. The number of anilines is 1. The Morgan fingerprint density at radius 1 is 1.30 bits per heavy atom. The van der Waals surface area contributed by atoms with E-state index in [1.807, 2.05) is 30.1 Å². The van der Waals surface area contributed by atoms with E-state index in [-0.39, 0.29) is 22.9 Å². The quantitative estimate of drug-likeness (QED) is 0.677. The van der Waals surface area contributed by atoms with Crippen LogP contribution in [0.2, 0.25) is 0 Å². The number of pyridine rings is 1. The van der Waals surface area contributed by atoms with Crippen LogP contribution in [0.4, 0.5) is 5.69 Å². The number of Topliss-reactive ketones (excluding diaryl/α,β-unsaturated/α-hetero) is 1. The number of ketones is 1. The van der Waals surface area contributed by atoms with Crippen LogP contribution in [0.15, 0.2) is 42.4 Å². The minimum atomic E-state index is -0.306. The van der Waals surface area contributed by atoms with Crippen LogP contribution in [0, 0.1) is 0 Å². The van der Waals surface area contributed by atoms with E-state index in [0.717, 1.165) is 41.8 Å². The number of carbonyl (C=O) groups is 1. The van der Waals surface area contributed by atoms with Gasteiger partial charge in [-0.05, 0) is 44.8 Å². The lowest BCUT2D eigenvalue weighted by Crippen LogP contribution is -2.31. The summed E-state index contributed by atoms with van der Waals surface area (Å²) in [5, 5.41) is 11.1. The zero-order chi connectivity index (χ0) is 21.0. The lowest BCUT2D eigenvalue weighted by Gasteiger charge is -2.22. The first-order valence-electron chi connectivity index (χ1n) is 10.1. The van der Waals surface area contributed by atoms with Gasteiger partial charge in [-0.1, -0.05) is 6.07 Å². The molecule has 2 aliphatic rings. The molecule has 0 bridgehead atoms. The monoisotopic (exact) mass is 404 g/mol. The van der Waals surface area contributed by atoms with Crippen molar-refractivity contribution in [1.29, 1.82) is 0 Å². The molecule has 7 nitrogen and oxygen atoms in total. The summed E-state index contributed by atoms with van der Waals surface area (Å²) in [5.41, 5.74) is 3.07. The van der Waals surface area contributed by atoms with E-state index in [1.54, 1.807) is 18.2 Å². The van der Waals surface area contributed by atoms with Crippen molar-refractivity contribution in [2.45, 2.75) is 12.5 Å². The average molecular weight is 404 g/mol. The van der Waals surface area contributed by atoms with Crippen molar-refractivity contribution in [2.75, 3.05) is 32.1 Å². The number of rotatable bonds is 3. The Kier molecular flexibility index (Phi) is 4.29. The average Bonchev–Trinajstić information content (AvgIpc) is 3.41. The van der Waals surface area contributed by atoms with Gasteiger partial charge in [0.2, 0.25) is 5.78 Å². The van der Waals surface area contributed by atoms with Gasteiger partial charge in [0.05, 0.1) is 0 Å². The number of benzene rings is 1. The van der Waals surface area contributed by atoms with Gasteiger partial charge in [0.1, 0.15) is 22.7 Å². The molecule has 2 aliphatic heterocycles. The summed E-state index contributed by atoms with van der Waals surface area (Å²) in [6.07, 6.45) is 6.67. The van der Waals surface area contributed by atoms with Crippen molar-refractivity contribution in [3.05, 3.63) is 53.5 Å². The molecule has 0 radical (unpaired) electrons. The Bertz CT molecular complexity index is 1190. The van der Waals surface area contributed by atoms with E-state index >= 15 is 0 Å². The second kappa shape index (κ2) is 6.88. The molecular weight excluding hydrogens is 380 g/mol. The van der Waals surface area contributed by atoms with E-state index in [0.29, 0.717) is 11.8 Å². The van der Waals surface area contributed by atoms with Gasteiger partial charge in [0.15, 0.2) is 5.76 Å². The van der Waals surface area contributed by atoms with Crippen LogP contribution in [0.25, 0.3) is 17.1 Å². The highest BCUT2D eigenvalue weighted by Crippen LogP contribution is 2.39. The predicted molar refractivity (Wildman–Crippen MR) is 116 cm³/mol. The molecule has 30 heavy (non-hydrogen) atoms. The number of phenols is 1. The number of fused-ring (bicyclic) bond motifs is 2. The number of carbonyl (C=O) groups excluding carboxylic acids is 1. The molecule has 1 atom stereocenters. The third-order valence-corrected chi connectivity index (χ3v) is 6.06. The smallest absolute Gasteiger partial charge is 0.235 e. The van der Waals surface area contributed by atoms with Gasteiger partial charge < -0.3 is 24.2 Å². The molecule has 1 unspecified atom stereocenters. The third kappa shape index (κ3) is 2.85. The molecule has 5 rings (SSSR count). The first kappa shape index (κ1) is 18.7. The fourth-order valence-corrected chi connectivity index (χ4v) is 4.43. The Morgan fingerprint density at radius 3 is 2.87 bits per heavy atom. The van der Waals surface area contributed by atoms with Crippen molar-refractivity contribution >= 4 is 28.6 Å². The minimum Gasteiger partial charge on any atom is -0.507 e. The normalized spacial score (nSPS) is 19.9. The molecule has 1 aromatic carbocycles. The van der Waals surface area contributed by atoms with Crippen LogP contribution >= 0.6 is 0 Å². The molecule has 1 N–H and O–H groups in total. The van der Waals surface area contributed by atoms with E-state index in [9.17, 15) is 9.90 Å². The molecule has 2 aromatic heterocycles.